The van der Waals surface area contributed by atoms with Gasteiger partial charge in [0, 0.05) is 18.6 Å². The summed E-state index contributed by atoms with van der Waals surface area (Å²) in [7, 11) is 3.36. The van der Waals surface area contributed by atoms with E-state index in [1.807, 2.05) is 6.07 Å². The van der Waals surface area contributed by atoms with E-state index in [1.54, 1.807) is 14.2 Å². The van der Waals surface area contributed by atoms with Gasteiger partial charge in [0.1, 0.15) is 6.54 Å². The van der Waals surface area contributed by atoms with E-state index in [9.17, 15) is 0 Å². The van der Waals surface area contributed by atoms with Crippen molar-refractivity contribution in [1.82, 2.24) is 0 Å². The zero-order valence-electron chi connectivity index (χ0n) is 16.9. The van der Waals surface area contributed by atoms with Gasteiger partial charge in [0.2, 0.25) is 0 Å². The van der Waals surface area contributed by atoms with Gasteiger partial charge in [-0.3, -0.25) is 0 Å². The molecule has 1 aromatic carbocycles. The smallest absolute Gasteiger partial charge is 0.161 e. The maximum absolute atomic E-state index is 5.96. The molecule has 0 saturated carbocycles. The van der Waals surface area contributed by atoms with Crippen LogP contribution in [-0.2, 0) is 11.3 Å². The highest BCUT2D eigenvalue weighted by molar-refractivity contribution is 5.42. The Bertz CT molecular complexity index is 556. The molecule has 1 saturated heterocycles. The van der Waals surface area contributed by atoms with E-state index in [0.29, 0.717) is 11.3 Å². The average molecular weight is 351 g/mol. The van der Waals surface area contributed by atoms with Crippen molar-refractivity contribution in [2.24, 2.45) is 11.3 Å². The van der Waals surface area contributed by atoms with Crippen molar-refractivity contribution in [1.29, 1.82) is 0 Å². The summed E-state index contributed by atoms with van der Waals surface area (Å²) < 4.78 is 16.7. The lowest BCUT2D eigenvalue weighted by Crippen LogP contribution is -2.83. The molecule has 0 aliphatic carbocycles. The molecule has 1 aliphatic heterocycles. The molecule has 1 fully saturated rings. The van der Waals surface area contributed by atoms with Crippen molar-refractivity contribution in [2.45, 2.75) is 59.1 Å². The van der Waals surface area contributed by atoms with E-state index in [0.717, 1.165) is 37.6 Å². The van der Waals surface area contributed by atoms with Crippen molar-refractivity contribution in [2.75, 3.05) is 27.4 Å². The summed E-state index contributed by atoms with van der Waals surface area (Å²) >= 11 is 0. The number of rotatable bonds is 8. The summed E-state index contributed by atoms with van der Waals surface area (Å²) in [5.41, 5.74) is 1.67. The van der Waals surface area contributed by atoms with Crippen LogP contribution < -0.4 is 14.8 Å². The monoisotopic (exact) mass is 350 g/mol. The Kier molecular flexibility index (Phi) is 6.75. The summed E-state index contributed by atoms with van der Waals surface area (Å²) in [5, 5.41) is 2.41. The predicted molar refractivity (Wildman–Crippen MR) is 101 cm³/mol. The predicted octanol–water partition coefficient (Wildman–Crippen LogP) is 3.39. The summed E-state index contributed by atoms with van der Waals surface area (Å²) in [6, 6.07) is 6.18. The first-order valence-electron chi connectivity index (χ1n) is 9.48. The van der Waals surface area contributed by atoms with Crippen LogP contribution in [-0.4, -0.2) is 33.0 Å². The molecule has 1 aliphatic rings. The maximum Gasteiger partial charge on any atom is 0.161 e. The molecule has 0 spiro atoms. The average Bonchev–Trinajstić information content (AvgIpc) is 2.57. The van der Waals surface area contributed by atoms with Gasteiger partial charge in [-0.05, 0) is 56.2 Å². The van der Waals surface area contributed by atoms with E-state index in [-0.39, 0.29) is 5.60 Å². The summed E-state index contributed by atoms with van der Waals surface area (Å²) in [6.45, 7) is 12.2. The minimum atomic E-state index is 0.00582. The number of benzene rings is 1. The molecule has 0 amide bonds. The van der Waals surface area contributed by atoms with Crippen LogP contribution in [0.3, 0.4) is 0 Å². The number of hydrogen-bond acceptors (Lipinski definition) is 3. The van der Waals surface area contributed by atoms with Crippen LogP contribution in [0.5, 0.6) is 11.5 Å². The van der Waals surface area contributed by atoms with Crippen LogP contribution in [0.4, 0.5) is 0 Å². The van der Waals surface area contributed by atoms with Gasteiger partial charge in [-0.15, -0.1) is 0 Å². The largest absolute Gasteiger partial charge is 0.493 e. The first kappa shape index (κ1) is 20.1. The molecular weight excluding hydrogens is 314 g/mol. The molecule has 25 heavy (non-hydrogen) atoms. The molecule has 1 aromatic rings. The fourth-order valence-electron chi connectivity index (χ4n) is 4.18. The van der Waals surface area contributed by atoms with E-state index < -0.39 is 0 Å². The number of methoxy groups -OCH3 is 2. The third-order valence-corrected chi connectivity index (χ3v) is 5.77. The Morgan fingerprint density at radius 1 is 1.16 bits per heavy atom. The molecule has 1 heterocycles. The van der Waals surface area contributed by atoms with Crippen molar-refractivity contribution in [3.8, 4) is 11.5 Å². The molecule has 0 radical (unpaired) electrons. The van der Waals surface area contributed by atoms with Crippen LogP contribution in [0, 0.1) is 11.3 Å². The lowest BCUT2D eigenvalue weighted by molar-refractivity contribution is -0.672. The second-order valence-electron chi connectivity index (χ2n) is 8.27. The lowest BCUT2D eigenvalue weighted by Gasteiger charge is -2.47. The molecule has 2 rings (SSSR count). The van der Waals surface area contributed by atoms with Crippen LogP contribution >= 0.6 is 0 Å². The van der Waals surface area contributed by atoms with Gasteiger partial charge in [0.25, 0.3) is 0 Å². The van der Waals surface area contributed by atoms with Crippen LogP contribution in [0.1, 0.15) is 52.5 Å². The molecule has 0 bridgehead atoms. The van der Waals surface area contributed by atoms with Gasteiger partial charge < -0.3 is 19.5 Å². The maximum atomic E-state index is 5.96. The number of ether oxygens (including phenoxy) is 3. The van der Waals surface area contributed by atoms with Crippen LogP contribution in [0.2, 0.25) is 0 Å². The first-order valence-corrected chi connectivity index (χ1v) is 9.48. The van der Waals surface area contributed by atoms with Crippen molar-refractivity contribution >= 4 is 0 Å². The highest BCUT2D eigenvalue weighted by atomic mass is 16.5. The Morgan fingerprint density at radius 3 is 2.48 bits per heavy atom. The zero-order valence-corrected chi connectivity index (χ0v) is 16.9. The zero-order chi connectivity index (χ0) is 18.5. The molecule has 2 N–H and O–H groups in total. The summed E-state index contributed by atoms with van der Waals surface area (Å²) in [5.74, 6) is 2.28. The van der Waals surface area contributed by atoms with E-state index in [2.05, 4.69) is 45.1 Å². The van der Waals surface area contributed by atoms with E-state index in [1.165, 1.54) is 18.4 Å². The fourth-order valence-corrected chi connectivity index (χ4v) is 4.18. The highest BCUT2D eigenvalue weighted by Gasteiger charge is 2.42. The van der Waals surface area contributed by atoms with E-state index >= 15 is 0 Å². The number of nitrogens with two attached hydrogens (primary N) is 1. The molecule has 0 aromatic heterocycles. The Hall–Kier alpha value is -1.26. The molecular formula is C21H36NO3+. The van der Waals surface area contributed by atoms with E-state index in [4.69, 9.17) is 14.2 Å². The summed E-state index contributed by atoms with van der Waals surface area (Å²) in [4.78, 5) is 0. The van der Waals surface area contributed by atoms with Gasteiger partial charge in [-0.2, -0.15) is 0 Å². The quantitative estimate of drug-likeness (QED) is 0.731. The lowest BCUT2D eigenvalue weighted by atomic mass is 9.65. The number of hydrogen-bond donors (Lipinski definition) is 1. The second-order valence-corrected chi connectivity index (χ2v) is 8.27. The normalized spacial score (nSPS) is 22.8. The minimum Gasteiger partial charge on any atom is -0.493 e. The third-order valence-electron chi connectivity index (χ3n) is 5.77. The standard InChI is InChI=1S/C21H35NO3/c1-16(2)21(10-12-25-20(3,4)15-21)9-11-22-14-17-7-8-18(23-5)19(13-17)24-6/h7-8,13,16,22H,9-12,14-15H2,1-6H3/p+1/t21-/m0/s1. The van der Waals surface area contributed by atoms with Gasteiger partial charge in [-0.1, -0.05) is 13.8 Å². The minimum absolute atomic E-state index is 0.00582. The number of quaternary nitrogens is 1. The van der Waals surface area contributed by atoms with Crippen LogP contribution in [0.15, 0.2) is 18.2 Å². The Labute approximate surface area is 153 Å². The second kappa shape index (κ2) is 8.41. The summed E-state index contributed by atoms with van der Waals surface area (Å²) in [6.07, 6.45) is 3.57. The van der Waals surface area contributed by atoms with Crippen molar-refractivity contribution < 1.29 is 19.5 Å². The fraction of sp³-hybridized carbons (Fsp3) is 0.714. The Balaban J connectivity index is 1.91. The van der Waals surface area contributed by atoms with Crippen molar-refractivity contribution in [3.63, 3.8) is 0 Å². The molecule has 4 nitrogen and oxygen atoms in total. The topological polar surface area (TPSA) is 44.3 Å². The Morgan fingerprint density at radius 2 is 1.88 bits per heavy atom. The van der Waals surface area contributed by atoms with Gasteiger partial charge >= 0.3 is 0 Å². The molecule has 0 unspecified atom stereocenters. The molecule has 1 atom stereocenters. The van der Waals surface area contributed by atoms with Gasteiger partial charge in [0.05, 0.1) is 26.4 Å². The SMILES string of the molecule is COc1ccc(C[NH2+]CC[C@]2(C(C)C)CCOC(C)(C)C2)cc1OC. The van der Waals surface area contributed by atoms with Crippen LogP contribution in [0.25, 0.3) is 0 Å². The third kappa shape index (κ3) is 5.11. The molecule has 142 valence electrons. The van der Waals surface area contributed by atoms with Crippen molar-refractivity contribution in [3.05, 3.63) is 23.8 Å². The molecule has 4 heteroatoms. The highest BCUT2D eigenvalue weighted by Crippen LogP contribution is 2.46. The first-order chi connectivity index (χ1) is 11.8. The van der Waals surface area contributed by atoms with Gasteiger partial charge in [-0.25, -0.2) is 0 Å². The van der Waals surface area contributed by atoms with Gasteiger partial charge in [0.15, 0.2) is 11.5 Å².